The quantitative estimate of drug-likeness (QED) is 0.612. The number of rotatable bonds is 7. The molecule has 0 unspecified atom stereocenters. The Kier molecular flexibility index (Phi) is 8.05. The molecule has 2 aromatic rings. The minimum Gasteiger partial charge on any atom is -0.352 e. The average molecular weight is 466 g/mol. The van der Waals surface area contributed by atoms with Crippen molar-refractivity contribution in [1.82, 2.24) is 15.5 Å². The minimum atomic E-state index is -0.371. The predicted molar refractivity (Wildman–Crippen MR) is 130 cm³/mol. The van der Waals surface area contributed by atoms with Crippen LogP contribution in [0.15, 0.2) is 65.6 Å². The molecule has 6 nitrogen and oxygen atoms in total. The van der Waals surface area contributed by atoms with Crippen molar-refractivity contribution in [3.8, 4) is 0 Å². The van der Waals surface area contributed by atoms with Crippen LogP contribution < -0.4 is 10.6 Å². The third-order valence-electron chi connectivity index (χ3n) is 6.43. The lowest BCUT2D eigenvalue weighted by Gasteiger charge is -2.31. The minimum absolute atomic E-state index is 0.0221. The van der Waals surface area contributed by atoms with E-state index in [1.54, 1.807) is 4.90 Å². The molecule has 2 aliphatic rings. The molecule has 4 rings (SSSR count). The molecule has 0 spiro atoms. The molecular weight excluding hydrogens is 434 g/mol. The first-order valence-electron chi connectivity index (χ1n) is 11.7. The highest BCUT2D eigenvalue weighted by molar-refractivity contribution is 8.00. The molecular formula is C26H31N3O3S. The third kappa shape index (κ3) is 6.38. The van der Waals surface area contributed by atoms with E-state index in [9.17, 15) is 14.4 Å². The second kappa shape index (κ2) is 11.4. The van der Waals surface area contributed by atoms with E-state index in [4.69, 9.17) is 0 Å². The van der Waals surface area contributed by atoms with Crippen molar-refractivity contribution in [2.24, 2.45) is 0 Å². The number of nitrogens with one attached hydrogen (secondary N) is 2. The van der Waals surface area contributed by atoms with Gasteiger partial charge in [-0.25, -0.2) is 0 Å². The number of thioether (sulfide) groups is 1. The summed E-state index contributed by atoms with van der Waals surface area (Å²) in [5, 5.41) is 6.28. The number of hydrogen-bond acceptors (Lipinski definition) is 4. The Labute approximate surface area is 199 Å². The van der Waals surface area contributed by atoms with E-state index in [0.717, 1.165) is 43.4 Å². The van der Waals surface area contributed by atoms with Gasteiger partial charge in [0.15, 0.2) is 0 Å². The zero-order chi connectivity index (χ0) is 23.0. The molecule has 2 aromatic carbocycles. The van der Waals surface area contributed by atoms with Gasteiger partial charge in [-0.3, -0.25) is 14.4 Å². The number of benzene rings is 2. The van der Waals surface area contributed by atoms with Gasteiger partial charge in [-0.2, -0.15) is 0 Å². The highest BCUT2D eigenvalue weighted by Crippen LogP contribution is 2.24. The van der Waals surface area contributed by atoms with Crippen molar-refractivity contribution in [2.45, 2.75) is 61.5 Å². The van der Waals surface area contributed by atoms with Crippen LogP contribution in [0, 0.1) is 0 Å². The molecule has 7 heteroatoms. The van der Waals surface area contributed by atoms with Gasteiger partial charge >= 0.3 is 0 Å². The summed E-state index contributed by atoms with van der Waals surface area (Å²) in [5.41, 5.74) is 0.671. The maximum Gasteiger partial charge on any atom is 0.251 e. The van der Waals surface area contributed by atoms with Gasteiger partial charge in [0, 0.05) is 29.1 Å². The van der Waals surface area contributed by atoms with Crippen LogP contribution in [0.2, 0.25) is 0 Å². The normalized spacial score (nSPS) is 22.5. The fourth-order valence-electron chi connectivity index (χ4n) is 4.62. The molecule has 33 heavy (non-hydrogen) atoms. The van der Waals surface area contributed by atoms with Gasteiger partial charge in [-0.05, 0) is 62.8 Å². The van der Waals surface area contributed by atoms with Gasteiger partial charge in [0.25, 0.3) is 5.91 Å². The van der Waals surface area contributed by atoms with Crippen LogP contribution >= 0.6 is 11.8 Å². The highest BCUT2D eigenvalue weighted by Gasteiger charge is 2.35. The van der Waals surface area contributed by atoms with E-state index in [2.05, 4.69) is 10.6 Å². The number of carbonyl (C=O) groups is 3. The van der Waals surface area contributed by atoms with E-state index in [0.29, 0.717) is 17.9 Å². The van der Waals surface area contributed by atoms with Gasteiger partial charge in [0.2, 0.25) is 11.8 Å². The highest BCUT2D eigenvalue weighted by atomic mass is 32.2. The lowest BCUT2D eigenvalue weighted by molar-refractivity contribution is -0.137. The summed E-state index contributed by atoms with van der Waals surface area (Å²) in [6, 6.07) is 19.0. The maximum absolute atomic E-state index is 13.0. The van der Waals surface area contributed by atoms with Gasteiger partial charge in [-0.15, -0.1) is 11.8 Å². The van der Waals surface area contributed by atoms with Crippen molar-refractivity contribution in [3.63, 3.8) is 0 Å². The Bertz CT molecular complexity index is 946. The summed E-state index contributed by atoms with van der Waals surface area (Å²) in [4.78, 5) is 40.9. The van der Waals surface area contributed by atoms with Gasteiger partial charge < -0.3 is 15.5 Å². The second-order valence-corrected chi connectivity index (χ2v) is 9.79. The predicted octanol–water partition coefficient (Wildman–Crippen LogP) is 3.63. The van der Waals surface area contributed by atoms with E-state index >= 15 is 0 Å². The topological polar surface area (TPSA) is 78.5 Å². The summed E-state index contributed by atoms with van der Waals surface area (Å²) in [6.07, 6.45) is 4.91. The average Bonchev–Trinajstić information content (AvgIpc) is 3.35. The zero-order valence-corrected chi connectivity index (χ0v) is 19.6. The molecule has 2 N–H and O–H groups in total. The van der Waals surface area contributed by atoms with Crippen LogP contribution in [0.4, 0.5) is 0 Å². The van der Waals surface area contributed by atoms with Crippen LogP contribution in [0.1, 0.15) is 48.9 Å². The molecule has 3 amide bonds. The molecule has 1 aliphatic carbocycles. The molecule has 1 heterocycles. The van der Waals surface area contributed by atoms with Crippen LogP contribution in [0.3, 0.4) is 0 Å². The first kappa shape index (κ1) is 23.4. The zero-order valence-electron chi connectivity index (χ0n) is 18.7. The number of nitrogens with zero attached hydrogens (tertiary/aromatic N) is 1. The van der Waals surface area contributed by atoms with E-state index < -0.39 is 0 Å². The van der Waals surface area contributed by atoms with Gasteiger partial charge in [0.1, 0.15) is 6.04 Å². The Morgan fingerprint density at radius 3 is 2.09 bits per heavy atom. The Morgan fingerprint density at radius 1 is 0.818 bits per heavy atom. The van der Waals surface area contributed by atoms with Gasteiger partial charge in [-0.1, -0.05) is 36.4 Å². The summed E-state index contributed by atoms with van der Waals surface area (Å²) in [5.74, 6) is 0.285. The fraction of sp³-hybridized carbons (Fsp3) is 0.423. The van der Waals surface area contributed by atoms with Crippen molar-refractivity contribution < 1.29 is 14.4 Å². The largest absolute Gasteiger partial charge is 0.352 e. The summed E-state index contributed by atoms with van der Waals surface area (Å²) in [7, 11) is 0. The Balaban J connectivity index is 1.22. The molecule has 1 aliphatic heterocycles. The molecule has 0 radical (unpaired) electrons. The summed E-state index contributed by atoms with van der Waals surface area (Å²) in [6.45, 7) is 0.643. The van der Waals surface area contributed by atoms with Crippen LogP contribution in [-0.4, -0.2) is 53.0 Å². The van der Waals surface area contributed by atoms with Crippen molar-refractivity contribution in [2.75, 3.05) is 12.3 Å². The maximum atomic E-state index is 13.0. The van der Waals surface area contributed by atoms with Crippen LogP contribution in [-0.2, 0) is 9.59 Å². The second-order valence-electron chi connectivity index (χ2n) is 8.74. The van der Waals surface area contributed by atoms with E-state index in [-0.39, 0.29) is 35.8 Å². The Hall–Kier alpha value is -2.80. The first-order valence-corrected chi connectivity index (χ1v) is 12.7. The number of likely N-dealkylation sites (tertiary alicyclic amines) is 1. The van der Waals surface area contributed by atoms with E-state index in [1.807, 2.05) is 60.7 Å². The van der Waals surface area contributed by atoms with Gasteiger partial charge in [0.05, 0.1) is 5.75 Å². The molecule has 0 bridgehead atoms. The van der Waals surface area contributed by atoms with Crippen molar-refractivity contribution in [1.29, 1.82) is 0 Å². The molecule has 1 saturated carbocycles. The third-order valence-corrected chi connectivity index (χ3v) is 7.42. The molecule has 174 valence electrons. The molecule has 0 aromatic heterocycles. The smallest absolute Gasteiger partial charge is 0.251 e. The monoisotopic (exact) mass is 465 g/mol. The Morgan fingerprint density at radius 2 is 1.42 bits per heavy atom. The number of amides is 3. The summed E-state index contributed by atoms with van der Waals surface area (Å²) >= 11 is 1.51. The first-order chi connectivity index (χ1) is 16.1. The lowest BCUT2D eigenvalue weighted by Crippen LogP contribution is -2.51. The van der Waals surface area contributed by atoms with Crippen LogP contribution in [0.25, 0.3) is 0 Å². The molecule has 1 saturated heterocycles. The standard InChI is InChI=1S/C26H31N3O3S/c30-24(18-33-22-10-5-2-6-11-22)29-17-7-12-23(29)26(32)28-21-15-13-20(14-16-21)27-25(31)19-8-3-1-4-9-19/h1-6,8-11,20-21,23H,7,12-18H2,(H,27,31)(H,28,32)/t20?,21?,23-/m0/s1. The number of hydrogen-bond donors (Lipinski definition) is 2. The van der Waals surface area contributed by atoms with E-state index in [1.165, 1.54) is 11.8 Å². The SMILES string of the molecule is O=C(NC1CCC(NC(=O)[C@@H]2CCCN2C(=O)CSc2ccccc2)CC1)c1ccccc1. The summed E-state index contributed by atoms with van der Waals surface area (Å²) < 4.78 is 0. The van der Waals surface area contributed by atoms with Crippen LogP contribution in [0.5, 0.6) is 0 Å². The van der Waals surface area contributed by atoms with Crippen molar-refractivity contribution >= 4 is 29.5 Å². The van der Waals surface area contributed by atoms with Crippen molar-refractivity contribution in [3.05, 3.63) is 66.2 Å². The molecule has 1 atom stereocenters. The molecule has 2 fully saturated rings. The number of carbonyl (C=O) groups excluding carboxylic acids is 3. The lowest BCUT2D eigenvalue weighted by atomic mass is 9.90. The fourth-order valence-corrected chi connectivity index (χ4v) is 5.43.